The number of allylic oxidation sites excluding steroid dienone is 2. The number of hydrogen-bond acceptors (Lipinski definition) is 1. The van der Waals surface area contributed by atoms with Gasteiger partial charge < -0.3 is 5.11 Å². The van der Waals surface area contributed by atoms with Gasteiger partial charge in [0.05, 0.1) is 0 Å². The van der Waals surface area contributed by atoms with Crippen molar-refractivity contribution in [3.05, 3.63) is 12.2 Å². The van der Waals surface area contributed by atoms with E-state index in [9.17, 15) is 4.79 Å². The first-order valence-electron chi connectivity index (χ1n) is 9.57. The fraction of sp³-hybridized carbons (Fsp3) is 0.850. The summed E-state index contributed by atoms with van der Waals surface area (Å²) in [5, 5.41) is 8.81. The van der Waals surface area contributed by atoms with Crippen LogP contribution in [0.4, 0.5) is 0 Å². The quantitative estimate of drug-likeness (QED) is 0.253. The van der Waals surface area contributed by atoms with Crippen LogP contribution in [0.15, 0.2) is 12.2 Å². The second-order valence-electron chi connectivity index (χ2n) is 6.54. The van der Waals surface area contributed by atoms with Crippen molar-refractivity contribution in [3.63, 3.8) is 0 Å². The molecule has 0 aromatic rings. The van der Waals surface area contributed by atoms with E-state index in [4.69, 9.17) is 5.11 Å². The van der Waals surface area contributed by atoms with Crippen molar-refractivity contribution in [2.24, 2.45) is 5.92 Å². The molecule has 1 N–H and O–H groups in total. The van der Waals surface area contributed by atoms with Crippen LogP contribution in [0.1, 0.15) is 104 Å². The molecule has 0 aliphatic heterocycles. The number of aliphatic carboxylic acids is 1. The SMILES string of the molecule is CCCC/C=C\CCCCCCCCCC(CC)CC(=O)O. The molecule has 0 aromatic heterocycles. The van der Waals surface area contributed by atoms with E-state index in [0.717, 1.165) is 12.8 Å². The van der Waals surface area contributed by atoms with Crippen LogP contribution in [0, 0.1) is 5.92 Å². The summed E-state index contributed by atoms with van der Waals surface area (Å²) in [6.45, 7) is 4.34. The molecule has 0 aliphatic rings. The van der Waals surface area contributed by atoms with Gasteiger partial charge >= 0.3 is 5.97 Å². The molecule has 0 spiro atoms. The fourth-order valence-corrected chi connectivity index (χ4v) is 2.83. The fourth-order valence-electron chi connectivity index (χ4n) is 2.83. The van der Waals surface area contributed by atoms with Crippen LogP contribution < -0.4 is 0 Å². The standard InChI is InChI=1S/C20H38O2/c1-3-5-6-7-8-9-10-11-12-13-14-15-16-17-19(4-2)18-20(21)22/h7-8,19H,3-6,9-18H2,1-2H3,(H,21,22)/b8-7-. The van der Waals surface area contributed by atoms with Crippen molar-refractivity contribution < 1.29 is 9.90 Å². The molecule has 0 aromatic carbocycles. The molecule has 0 rings (SSSR count). The number of rotatable bonds is 16. The molecule has 130 valence electrons. The minimum absolute atomic E-state index is 0.349. The van der Waals surface area contributed by atoms with Crippen molar-refractivity contribution in [1.29, 1.82) is 0 Å². The van der Waals surface area contributed by atoms with Gasteiger partial charge in [0.25, 0.3) is 0 Å². The molecule has 1 unspecified atom stereocenters. The minimum Gasteiger partial charge on any atom is -0.481 e. The summed E-state index contributed by atoms with van der Waals surface area (Å²) in [5.74, 6) is -0.257. The number of carboxylic acid groups (broad SMARTS) is 1. The first-order chi connectivity index (χ1) is 10.7. The van der Waals surface area contributed by atoms with Crippen molar-refractivity contribution >= 4 is 5.97 Å². The third-order valence-electron chi connectivity index (χ3n) is 4.41. The van der Waals surface area contributed by atoms with Gasteiger partial charge in [0.1, 0.15) is 0 Å². The van der Waals surface area contributed by atoms with Gasteiger partial charge in [-0.2, -0.15) is 0 Å². The van der Waals surface area contributed by atoms with E-state index >= 15 is 0 Å². The van der Waals surface area contributed by atoms with E-state index in [2.05, 4.69) is 26.0 Å². The Morgan fingerprint density at radius 1 is 0.864 bits per heavy atom. The smallest absolute Gasteiger partial charge is 0.303 e. The normalized spacial score (nSPS) is 12.8. The maximum absolute atomic E-state index is 10.7. The highest BCUT2D eigenvalue weighted by molar-refractivity contribution is 5.66. The molecule has 0 saturated heterocycles. The molecule has 0 saturated carbocycles. The summed E-state index contributed by atoms with van der Waals surface area (Å²) in [5.41, 5.74) is 0. The lowest BCUT2D eigenvalue weighted by Gasteiger charge is -2.11. The molecule has 2 nitrogen and oxygen atoms in total. The highest BCUT2D eigenvalue weighted by atomic mass is 16.4. The first kappa shape index (κ1) is 21.2. The van der Waals surface area contributed by atoms with Crippen LogP contribution in [0.5, 0.6) is 0 Å². The van der Waals surface area contributed by atoms with Gasteiger partial charge in [-0.1, -0.05) is 83.8 Å². The highest BCUT2D eigenvalue weighted by Crippen LogP contribution is 2.18. The van der Waals surface area contributed by atoms with E-state index in [0.29, 0.717) is 12.3 Å². The van der Waals surface area contributed by atoms with Gasteiger partial charge in [0.2, 0.25) is 0 Å². The number of hydrogen-bond donors (Lipinski definition) is 1. The van der Waals surface area contributed by atoms with E-state index in [-0.39, 0.29) is 0 Å². The number of unbranched alkanes of at least 4 members (excludes halogenated alkanes) is 9. The second-order valence-corrected chi connectivity index (χ2v) is 6.54. The molecule has 0 heterocycles. The predicted molar refractivity (Wildman–Crippen MR) is 96.3 cm³/mol. The van der Waals surface area contributed by atoms with Crippen molar-refractivity contribution in [2.75, 3.05) is 0 Å². The Balaban J connectivity index is 3.26. The number of carboxylic acids is 1. The van der Waals surface area contributed by atoms with Crippen LogP contribution in [-0.4, -0.2) is 11.1 Å². The molecule has 0 bridgehead atoms. The zero-order valence-electron chi connectivity index (χ0n) is 15.0. The van der Waals surface area contributed by atoms with Crippen molar-refractivity contribution in [1.82, 2.24) is 0 Å². The molecular weight excluding hydrogens is 272 g/mol. The van der Waals surface area contributed by atoms with Gasteiger partial charge in [-0.05, 0) is 31.6 Å². The average molecular weight is 311 g/mol. The summed E-state index contributed by atoms with van der Waals surface area (Å²) in [7, 11) is 0. The van der Waals surface area contributed by atoms with Gasteiger partial charge in [-0.25, -0.2) is 0 Å². The van der Waals surface area contributed by atoms with Gasteiger partial charge in [-0.15, -0.1) is 0 Å². The Bertz CT molecular complexity index is 271. The van der Waals surface area contributed by atoms with E-state index in [1.807, 2.05) is 0 Å². The van der Waals surface area contributed by atoms with Gasteiger partial charge in [0, 0.05) is 6.42 Å². The maximum atomic E-state index is 10.7. The average Bonchev–Trinajstić information content (AvgIpc) is 2.50. The van der Waals surface area contributed by atoms with E-state index in [1.165, 1.54) is 70.6 Å². The third-order valence-corrected chi connectivity index (χ3v) is 4.41. The molecule has 0 fully saturated rings. The summed E-state index contributed by atoms with van der Waals surface area (Å²) >= 11 is 0. The van der Waals surface area contributed by atoms with E-state index < -0.39 is 5.97 Å². The lowest BCUT2D eigenvalue weighted by atomic mass is 9.95. The van der Waals surface area contributed by atoms with Crippen LogP contribution >= 0.6 is 0 Å². The molecule has 0 radical (unpaired) electrons. The lowest BCUT2D eigenvalue weighted by molar-refractivity contribution is -0.138. The summed E-state index contributed by atoms with van der Waals surface area (Å²) in [4.78, 5) is 10.7. The maximum Gasteiger partial charge on any atom is 0.303 e. The Morgan fingerprint density at radius 2 is 1.41 bits per heavy atom. The Morgan fingerprint density at radius 3 is 1.95 bits per heavy atom. The topological polar surface area (TPSA) is 37.3 Å². The van der Waals surface area contributed by atoms with Crippen LogP contribution in [0.2, 0.25) is 0 Å². The van der Waals surface area contributed by atoms with E-state index in [1.54, 1.807) is 0 Å². The van der Waals surface area contributed by atoms with Crippen LogP contribution in [0.25, 0.3) is 0 Å². The molecular formula is C20H38O2. The zero-order valence-corrected chi connectivity index (χ0v) is 15.0. The van der Waals surface area contributed by atoms with Crippen molar-refractivity contribution in [2.45, 2.75) is 104 Å². The largest absolute Gasteiger partial charge is 0.481 e. The summed E-state index contributed by atoms with van der Waals surface area (Å²) < 4.78 is 0. The number of carbonyl (C=O) groups is 1. The van der Waals surface area contributed by atoms with Crippen molar-refractivity contribution in [3.8, 4) is 0 Å². The third kappa shape index (κ3) is 15.6. The first-order valence-corrected chi connectivity index (χ1v) is 9.57. The van der Waals surface area contributed by atoms with Gasteiger partial charge in [-0.3, -0.25) is 4.79 Å². The Labute approximate surface area is 138 Å². The Kier molecular flexibility index (Phi) is 16.0. The molecule has 0 aliphatic carbocycles. The monoisotopic (exact) mass is 310 g/mol. The molecule has 2 heteroatoms. The molecule has 1 atom stereocenters. The van der Waals surface area contributed by atoms with Gasteiger partial charge in [0.15, 0.2) is 0 Å². The lowest BCUT2D eigenvalue weighted by Crippen LogP contribution is -2.06. The summed E-state index contributed by atoms with van der Waals surface area (Å²) in [6.07, 6.45) is 21.4. The molecule has 0 amide bonds. The van der Waals surface area contributed by atoms with Crippen LogP contribution in [0.3, 0.4) is 0 Å². The summed E-state index contributed by atoms with van der Waals surface area (Å²) in [6, 6.07) is 0. The predicted octanol–water partition coefficient (Wildman–Crippen LogP) is 6.74. The second kappa shape index (κ2) is 16.6. The highest BCUT2D eigenvalue weighted by Gasteiger charge is 2.10. The minimum atomic E-state index is -0.643. The van der Waals surface area contributed by atoms with Crippen LogP contribution in [-0.2, 0) is 4.79 Å². The zero-order chi connectivity index (χ0) is 16.5. The molecule has 22 heavy (non-hydrogen) atoms. The Hall–Kier alpha value is -0.790.